The number of hydrogen-bond acceptors (Lipinski definition) is 1. The summed E-state index contributed by atoms with van der Waals surface area (Å²) in [6.45, 7) is 0. The first-order chi connectivity index (χ1) is 5.75. The predicted octanol–water partition coefficient (Wildman–Crippen LogP) is 2.29. The number of nitrogens with one attached hydrogen (secondary N) is 1. The highest BCUT2D eigenvalue weighted by Crippen LogP contribution is 2.16. The molecule has 0 unspecified atom stereocenters. The summed E-state index contributed by atoms with van der Waals surface area (Å²) in [4.78, 5) is 13.5. The van der Waals surface area contributed by atoms with Gasteiger partial charge in [-0.2, -0.15) is 0 Å². The van der Waals surface area contributed by atoms with E-state index in [2.05, 4.69) is 20.9 Å². The minimum absolute atomic E-state index is 0.0689. The Kier molecular flexibility index (Phi) is 1.73. The highest BCUT2D eigenvalue weighted by Gasteiger charge is 1.93. The summed E-state index contributed by atoms with van der Waals surface area (Å²) in [5, 5.41) is 1.99. The quantitative estimate of drug-likeness (QED) is 0.731. The minimum atomic E-state index is -0.0689. The van der Waals surface area contributed by atoms with Crippen molar-refractivity contribution in [1.29, 1.82) is 0 Å². The molecular weight excluding hydrogens is 218 g/mol. The molecule has 0 atom stereocenters. The maximum atomic E-state index is 10.9. The van der Waals surface area contributed by atoms with Crippen molar-refractivity contribution >= 4 is 26.7 Å². The lowest BCUT2D eigenvalue weighted by Crippen LogP contribution is -2.01. The number of hydrogen-bond donors (Lipinski definition) is 1. The lowest BCUT2D eigenvalue weighted by molar-refractivity contribution is 1.27. The fourth-order valence-corrected chi connectivity index (χ4v) is 1.51. The number of H-pyrrole nitrogens is 1. The van der Waals surface area contributed by atoms with Gasteiger partial charge in [-0.3, -0.25) is 4.79 Å². The summed E-state index contributed by atoms with van der Waals surface area (Å²) in [6.07, 6.45) is 1.71. The van der Waals surface area contributed by atoms with Gasteiger partial charge in [0.15, 0.2) is 0 Å². The molecule has 0 saturated heterocycles. The van der Waals surface area contributed by atoms with E-state index in [-0.39, 0.29) is 5.56 Å². The van der Waals surface area contributed by atoms with Gasteiger partial charge in [0.25, 0.3) is 0 Å². The van der Waals surface area contributed by atoms with Gasteiger partial charge in [0.2, 0.25) is 5.56 Å². The summed E-state index contributed by atoms with van der Waals surface area (Å²) in [6, 6.07) is 7.40. The predicted molar refractivity (Wildman–Crippen MR) is 52.3 cm³/mol. The van der Waals surface area contributed by atoms with Gasteiger partial charge < -0.3 is 4.98 Å². The van der Waals surface area contributed by atoms with Crippen molar-refractivity contribution in [2.45, 2.75) is 0 Å². The van der Waals surface area contributed by atoms with E-state index < -0.39 is 0 Å². The monoisotopic (exact) mass is 223 g/mol. The largest absolute Gasteiger partial charge is 0.328 e. The second kappa shape index (κ2) is 2.75. The molecule has 0 aliphatic carbocycles. The van der Waals surface area contributed by atoms with Gasteiger partial charge >= 0.3 is 0 Å². The first-order valence-electron chi connectivity index (χ1n) is 3.54. The van der Waals surface area contributed by atoms with Crippen LogP contribution in [0.25, 0.3) is 10.8 Å². The molecule has 1 N–H and O–H groups in total. The second-order valence-electron chi connectivity index (χ2n) is 2.57. The average molecular weight is 224 g/mol. The molecule has 0 saturated carbocycles. The Hall–Kier alpha value is -1.09. The molecule has 2 aromatic rings. The van der Waals surface area contributed by atoms with Crippen LogP contribution in [0.3, 0.4) is 0 Å². The molecule has 2 nitrogen and oxygen atoms in total. The van der Waals surface area contributed by atoms with Gasteiger partial charge in [0.05, 0.1) is 0 Å². The van der Waals surface area contributed by atoms with Gasteiger partial charge in [-0.05, 0) is 22.9 Å². The van der Waals surface area contributed by atoms with Gasteiger partial charge in [0.1, 0.15) is 0 Å². The van der Waals surface area contributed by atoms with Gasteiger partial charge in [-0.25, -0.2) is 0 Å². The molecule has 0 spiro atoms. The number of pyridine rings is 1. The van der Waals surface area contributed by atoms with Crippen LogP contribution in [0.15, 0.2) is 39.7 Å². The van der Waals surface area contributed by atoms with E-state index in [1.54, 1.807) is 12.3 Å². The Labute approximate surface area is 77.4 Å². The van der Waals surface area contributed by atoms with Crippen molar-refractivity contribution < 1.29 is 0 Å². The molecule has 0 aliphatic rings. The highest BCUT2D eigenvalue weighted by atomic mass is 79.9. The molecule has 1 aromatic heterocycles. The fourth-order valence-electron chi connectivity index (χ4n) is 1.13. The number of halogens is 1. The zero-order valence-corrected chi connectivity index (χ0v) is 7.76. The van der Waals surface area contributed by atoms with E-state index >= 15 is 0 Å². The highest BCUT2D eigenvalue weighted by molar-refractivity contribution is 9.10. The fraction of sp³-hybridized carbons (Fsp3) is 0. The Morgan fingerprint density at radius 3 is 2.83 bits per heavy atom. The van der Waals surface area contributed by atoms with Gasteiger partial charge in [-0.1, -0.05) is 22.0 Å². The molecule has 0 aliphatic heterocycles. The third-order valence-corrected chi connectivity index (χ3v) is 2.20. The van der Waals surface area contributed by atoms with Crippen LogP contribution in [-0.4, -0.2) is 4.98 Å². The smallest absolute Gasteiger partial charge is 0.248 e. The topological polar surface area (TPSA) is 32.9 Å². The first-order valence-corrected chi connectivity index (χ1v) is 4.33. The molecule has 60 valence electrons. The normalized spacial score (nSPS) is 10.4. The molecule has 3 heteroatoms. The van der Waals surface area contributed by atoms with E-state index in [4.69, 9.17) is 0 Å². The van der Waals surface area contributed by atoms with Crippen LogP contribution in [-0.2, 0) is 0 Å². The van der Waals surface area contributed by atoms with Crippen LogP contribution in [0.4, 0.5) is 0 Å². The summed E-state index contributed by atoms with van der Waals surface area (Å²) >= 11 is 3.34. The van der Waals surface area contributed by atoms with Crippen molar-refractivity contribution in [3.05, 3.63) is 45.3 Å². The third-order valence-electron chi connectivity index (χ3n) is 1.71. The molecule has 1 aromatic carbocycles. The molecular formula is C9H6BrNO. The summed E-state index contributed by atoms with van der Waals surface area (Å²) in [5.41, 5.74) is -0.0689. The summed E-state index contributed by atoms with van der Waals surface area (Å²) < 4.78 is 0.987. The van der Waals surface area contributed by atoms with Gasteiger partial charge in [0, 0.05) is 16.7 Å². The Morgan fingerprint density at radius 2 is 2.00 bits per heavy atom. The van der Waals surface area contributed by atoms with Crippen LogP contribution >= 0.6 is 15.9 Å². The molecule has 12 heavy (non-hydrogen) atoms. The van der Waals surface area contributed by atoms with Crippen LogP contribution in [0.5, 0.6) is 0 Å². The van der Waals surface area contributed by atoms with Crippen molar-refractivity contribution in [2.24, 2.45) is 0 Å². The van der Waals surface area contributed by atoms with Crippen LogP contribution in [0, 0.1) is 0 Å². The van der Waals surface area contributed by atoms with Crippen LogP contribution in [0.2, 0.25) is 0 Å². The standard InChI is InChI=1S/C9H6BrNO/c10-8-2-1-6-5-11-9(12)4-7(6)3-8/h1-5H,(H,11,12). The number of aromatic amines is 1. The molecule has 0 fully saturated rings. The summed E-state index contributed by atoms with van der Waals surface area (Å²) in [7, 11) is 0. The lowest BCUT2D eigenvalue weighted by Gasteiger charge is -1.95. The van der Waals surface area contributed by atoms with Crippen LogP contribution in [0.1, 0.15) is 0 Å². The Bertz CT molecular complexity index is 475. The number of rotatable bonds is 0. The van der Waals surface area contributed by atoms with E-state index in [1.807, 2.05) is 18.2 Å². The lowest BCUT2D eigenvalue weighted by atomic mass is 10.2. The third kappa shape index (κ3) is 1.28. The minimum Gasteiger partial charge on any atom is -0.328 e. The maximum Gasteiger partial charge on any atom is 0.248 e. The maximum absolute atomic E-state index is 10.9. The zero-order valence-electron chi connectivity index (χ0n) is 6.17. The SMILES string of the molecule is O=c1cc2cc(Br)ccc2c[nH]1. The van der Waals surface area contributed by atoms with Crippen molar-refractivity contribution in [3.63, 3.8) is 0 Å². The van der Waals surface area contributed by atoms with E-state index in [0.717, 1.165) is 15.2 Å². The van der Waals surface area contributed by atoms with Crippen LogP contribution < -0.4 is 5.56 Å². The van der Waals surface area contributed by atoms with Crippen molar-refractivity contribution in [2.75, 3.05) is 0 Å². The zero-order chi connectivity index (χ0) is 8.55. The molecule has 2 rings (SSSR count). The number of aromatic nitrogens is 1. The average Bonchev–Trinajstić information content (AvgIpc) is 2.03. The van der Waals surface area contributed by atoms with E-state index in [9.17, 15) is 4.79 Å². The number of benzene rings is 1. The van der Waals surface area contributed by atoms with Crippen molar-refractivity contribution in [1.82, 2.24) is 4.98 Å². The number of fused-ring (bicyclic) bond motifs is 1. The van der Waals surface area contributed by atoms with E-state index in [1.165, 1.54) is 0 Å². The Balaban J connectivity index is 2.89. The Morgan fingerprint density at radius 1 is 1.17 bits per heavy atom. The summed E-state index contributed by atoms with van der Waals surface area (Å²) in [5.74, 6) is 0. The molecule has 0 radical (unpaired) electrons. The van der Waals surface area contributed by atoms with Crippen molar-refractivity contribution in [3.8, 4) is 0 Å². The first kappa shape index (κ1) is 7.55. The molecule has 1 heterocycles. The molecule has 0 bridgehead atoms. The molecule has 0 amide bonds. The van der Waals surface area contributed by atoms with E-state index in [0.29, 0.717) is 0 Å². The second-order valence-corrected chi connectivity index (χ2v) is 3.49. The van der Waals surface area contributed by atoms with Gasteiger partial charge in [-0.15, -0.1) is 0 Å².